The number of carbonyl (C=O) groups excluding carboxylic acids is 1. The highest BCUT2D eigenvalue weighted by Gasteiger charge is 2.36. The van der Waals surface area contributed by atoms with Crippen LogP contribution in [0.1, 0.15) is 32.5 Å². The van der Waals surface area contributed by atoms with E-state index in [0.717, 1.165) is 23.3 Å². The number of sulfone groups is 1. The van der Waals surface area contributed by atoms with Gasteiger partial charge >= 0.3 is 0 Å². The molecule has 1 saturated heterocycles. The van der Waals surface area contributed by atoms with E-state index in [1.165, 1.54) is 0 Å². The number of para-hydroxylation sites is 2. The summed E-state index contributed by atoms with van der Waals surface area (Å²) in [6.07, 6.45) is 1.33. The Morgan fingerprint density at radius 3 is 2.76 bits per heavy atom. The Balaban J connectivity index is 1.89. The van der Waals surface area contributed by atoms with Crippen molar-refractivity contribution in [1.29, 1.82) is 0 Å². The first-order valence-electron chi connectivity index (χ1n) is 8.76. The molecular weight excluding hydrogens is 338 g/mol. The summed E-state index contributed by atoms with van der Waals surface area (Å²) in [7, 11) is -3.03. The first-order chi connectivity index (χ1) is 11.8. The first-order valence-corrected chi connectivity index (χ1v) is 10.6. The summed E-state index contributed by atoms with van der Waals surface area (Å²) in [6.45, 7) is 6.09. The minimum absolute atomic E-state index is 0.0147. The van der Waals surface area contributed by atoms with Gasteiger partial charge in [-0.2, -0.15) is 0 Å². The van der Waals surface area contributed by atoms with Gasteiger partial charge in [-0.05, 0) is 38.8 Å². The van der Waals surface area contributed by atoms with Crippen molar-refractivity contribution in [2.24, 2.45) is 0 Å². The third-order valence-electron chi connectivity index (χ3n) is 5.09. The molecule has 1 aromatic carbocycles. The lowest BCUT2D eigenvalue weighted by Gasteiger charge is -2.34. The van der Waals surface area contributed by atoms with Crippen LogP contribution >= 0.6 is 0 Å². The van der Waals surface area contributed by atoms with Gasteiger partial charge in [-0.15, -0.1) is 0 Å². The summed E-state index contributed by atoms with van der Waals surface area (Å²) in [5.41, 5.74) is 1.79. The van der Waals surface area contributed by atoms with Crippen LogP contribution in [-0.4, -0.2) is 52.4 Å². The van der Waals surface area contributed by atoms with E-state index in [1.807, 2.05) is 49.6 Å². The molecule has 0 spiro atoms. The van der Waals surface area contributed by atoms with E-state index < -0.39 is 9.84 Å². The first kappa shape index (κ1) is 17.9. The average molecular weight is 363 g/mol. The van der Waals surface area contributed by atoms with Crippen molar-refractivity contribution in [2.45, 2.75) is 52.2 Å². The fourth-order valence-corrected chi connectivity index (χ4v) is 5.32. The zero-order valence-electron chi connectivity index (χ0n) is 15.0. The second-order valence-corrected chi connectivity index (χ2v) is 9.08. The Morgan fingerprint density at radius 2 is 2.12 bits per heavy atom. The smallest absolute Gasteiger partial charge is 0.243 e. The van der Waals surface area contributed by atoms with E-state index in [1.54, 1.807) is 4.90 Å². The van der Waals surface area contributed by atoms with E-state index in [4.69, 9.17) is 0 Å². The van der Waals surface area contributed by atoms with Gasteiger partial charge in [0.25, 0.3) is 0 Å². The summed E-state index contributed by atoms with van der Waals surface area (Å²) < 4.78 is 25.7. The van der Waals surface area contributed by atoms with Crippen LogP contribution in [-0.2, 0) is 21.2 Å². The van der Waals surface area contributed by atoms with Crippen LogP contribution in [0.15, 0.2) is 24.3 Å². The van der Waals surface area contributed by atoms with Crippen molar-refractivity contribution in [1.82, 2.24) is 14.5 Å². The molecule has 2 atom stereocenters. The molecule has 3 rings (SSSR count). The zero-order valence-corrected chi connectivity index (χ0v) is 15.8. The third kappa shape index (κ3) is 3.56. The number of hydrogen-bond donors (Lipinski definition) is 0. The largest absolute Gasteiger partial charge is 0.334 e. The maximum atomic E-state index is 13.1. The molecule has 0 unspecified atom stereocenters. The molecule has 2 aromatic rings. The van der Waals surface area contributed by atoms with E-state index in [0.29, 0.717) is 6.42 Å². The second-order valence-electron chi connectivity index (χ2n) is 6.85. The molecule has 25 heavy (non-hydrogen) atoms. The maximum absolute atomic E-state index is 13.1. The predicted octanol–water partition coefficient (Wildman–Crippen LogP) is 2.16. The molecule has 1 aliphatic rings. The molecule has 1 aromatic heterocycles. The molecular formula is C18H25N3O3S. The number of aryl methyl sites for hydroxylation is 1. The van der Waals surface area contributed by atoms with Gasteiger partial charge < -0.3 is 9.47 Å². The minimum Gasteiger partial charge on any atom is -0.334 e. The van der Waals surface area contributed by atoms with Gasteiger partial charge in [0.2, 0.25) is 5.91 Å². The Bertz CT molecular complexity index is 888. The highest BCUT2D eigenvalue weighted by molar-refractivity contribution is 7.91. The van der Waals surface area contributed by atoms with Crippen molar-refractivity contribution >= 4 is 26.8 Å². The van der Waals surface area contributed by atoms with Gasteiger partial charge in [0.15, 0.2) is 9.84 Å². The molecule has 0 bridgehead atoms. The number of nitrogens with zero attached hydrogens (tertiary/aromatic N) is 3. The molecule has 1 fully saturated rings. The SMILES string of the molecule is CC[C@H](C)N(C(=O)Cn1c(C)nc2ccccc21)[C@@H]1CCS(=O)(=O)C1. The van der Waals surface area contributed by atoms with Crippen LogP contribution in [0.2, 0.25) is 0 Å². The zero-order chi connectivity index (χ0) is 18.2. The summed E-state index contributed by atoms with van der Waals surface area (Å²) in [5, 5.41) is 0. The molecule has 7 heteroatoms. The van der Waals surface area contributed by atoms with Gasteiger partial charge in [0.05, 0.1) is 22.5 Å². The quantitative estimate of drug-likeness (QED) is 0.816. The minimum atomic E-state index is -3.03. The van der Waals surface area contributed by atoms with Crippen molar-refractivity contribution in [2.75, 3.05) is 11.5 Å². The Kier molecular flexibility index (Phi) is 4.86. The highest BCUT2D eigenvalue weighted by atomic mass is 32.2. The lowest BCUT2D eigenvalue weighted by Crippen LogP contribution is -2.47. The topological polar surface area (TPSA) is 72.3 Å². The summed E-state index contributed by atoms with van der Waals surface area (Å²) in [4.78, 5) is 19.4. The van der Waals surface area contributed by atoms with Crippen molar-refractivity contribution < 1.29 is 13.2 Å². The fourth-order valence-electron chi connectivity index (χ4n) is 3.61. The van der Waals surface area contributed by atoms with Crippen molar-refractivity contribution in [3.63, 3.8) is 0 Å². The third-order valence-corrected chi connectivity index (χ3v) is 6.84. The fraction of sp³-hybridized carbons (Fsp3) is 0.556. The molecule has 0 radical (unpaired) electrons. The van der Waals surface area contributed by atoms with Gasteiger partial charge in [-0.25, -0.2) is 13.4 Å². The van der Waals surface area contributed by atoms with Gasteiger partial charge in [0.1, 0.15) is 12.4 Å². The van der Waals surface area contributed by atoms with Crippen molar-refractivity contribution in [3.8, 4) is 0 Å². The number of fused-ring (bicyclic) bond motifs is 1. The number of rotatable bonds is 5. The number of benzene rings is 1. The highest BCUT2D eigenvalue weighted by Crippen LogP contribution is 2.23. The maximum Gasteiger partial charge on any atom is 0.243 e. The van der Waals surface area contributed by atoms with E-state index in [2.05, 4.69) is 4.98 Å². The molecule has 1 amide bonds. The average Bonchev–Trinajstić information content (AvgIpc) is 3.07. The molecule has 0 N–H and O–H groups in total. The van der Waals surface area contributed by atoms with Crippen LogP contribution in [0.5, 0.6) is 0 Å². The summed E-state index contributed by atoms with van der Waals surface area (Å²) in [6, 6.07) is 7.54. The molecule has 6 nitrogen and oxygen atoms in total. The molecule has 2 heterocycles. The summed E-state index contributed by atoms with van der Waals surface area (Å²) in [5.74, 6) is 0.998. The molecule has 136 valence electrons. The van der Waals surface area contributed by atoms with Crippen molar-refractivity contribution in [3.05, 3.63) is 30.1 Å². The van der Waals surface area contributed by atoms with Crippen LogP contribution in [0.3, 0.4) is 0 Å². The number of aromatic nitrogens is 2. The number of amides is 1. The van der Waals surface area contributed by atoms with E-state index in [-0.39, 0.29) is 36.0 Å². The lowest BCUT2D eigenvalue weighted by molar-refractivity contribution is -0.136. The van der Waals surface area contributed by atoms with Gasteiger partial charge in [-0.1, -0.05) is 19.1 Å². The lowest BCUT2D eigenvalue weighted by atomic mass is 10.1. The van der Waals surface area contributed by atoms with Crippen LogP contribution in [0.25, 0.3) is 11.0 Å². The van der Waals surface area contributed by atoms with E-state index >= 15 is 0 Å². The summed E-state index contributed by atoms with van der Waals surface area (Å²) >= 11 is 0. The van der Waals surface area contributed by atoms with Crippen LogP contribution < -0.4 is 0 Å². The Morgan fingerprint density at radius 1 is 1.40 bits per heavy atom. The normalized spacial score (nSPS) is 20.7. The molecule has 1 aliphatic heterocycles. The second kappa shape index (κ2) is 6.78. The van der Waals surface area contributed by atoms with Gasteiger partial charge in [-0.3, -0.25) is 4.79 Å². The van der Waals surface area contributed by atoms with Gasteiger partial charge in [0, 0.05) is 12.1 Å². The number of carbonyl (C=O) groups is 1. The van der Waals surface area contributed by atoms with Crippen LogP contribution in [0, 0.1) is 6.92 Å². The Hall–Kier alpha value is -1.89. The van der Waals surface area contributed by atoms with E-state index in [9.17, 15) is 13.2 Å². The standard InChI is InChI=1S/C18H25N3O3S/c1-4-13(2)21(15-9-10-25(23,24)12-15)18(22)11-20-14(3)19-16-7-5-6-8-17(16)20/h5-8,13,15H,4,9-12H2,1-3H3/t13-,15+/m0/s1. The molecule has 0 saturated carbocycles. The Labute approximate surface area is 148 Å². The number of imidazole rings is 1. The van der Waals surface area contributed by atoms with Crippen LogP contribution in [0.4, 0.5) is 0 Å². The predicted molar refractivity (Wildman–Crippen MR) is 98.1 cm³/mol. The number of hydrogen-bond acceptors (Lipinski definition) is 4. The monoisotopic (exact) mass is 363 g/mol. The molecule has 0 aliphatic carbocycles.